The quantitative estimate of drug-likeness (QED) is 0.866. The number of amides is 2. The third kappa shape index (κ3) is 3.77. The van der Waals surface area contributed by atoms with E-state index in [0.29, 0.717) is 31.5 Å². The lowest BCUT2D eigenvalue weighted by atomic mass is 10.1. The van der Waals surface area contributed by atoms with Crippen LogP contribution in [-0.4, -0.2) is 36.3 Å². The summed E-state index contributed by atoms with van der Waals surface area (Å²) in [6.45, 7) is 1.14. The molecule has 1 aromatic carbocycles. The highest BCUT2D eigenvalue weighted by atomic mass is 19.1. The highest BCUT2D eigenvalue weighted by Crippen LogP contribution is 2.08. The van der Waals surface area contributed by atoms with E-state index in [1.807, 2.05) is 0 Å². The van der Waals surface area contributed by atoms with Gasteiger partial charge in [-0.15, -0.1) is 0 Å². The van der Waals surface area contributed by atoms with Crippen molar-refractivity contribution in [3.63, 3.8) is 0 Å². The van der Waals surface area contributed by atoms with Crippen molar-refractivity contribution in [2.75, 3.05) is 19.6 Å². The van der Waals surface area contributed by atoms with Gasteiger partial charge in [0.2, 0.25) is 11.8 Å². The van der Waals surface area contributed by atoms with Gasteiger partial charge in [-0.2, -0.15) is 0 Å². The Balaban J connectivity index is 1.72. The standard InChI is InChI=1S/C14H17FN2O2/c15-12-5-2-1-4-11(12)7-8-16-13(18)10-17-9-3-6-14(17)19/h1-2,4-5H,3,6-10H2,(H,16,18). The summed E-state index contributed by atoms with van der Waals surface area (Å²) in [5.74, 6) is -0.415. The van der Waals surface area contributed by atoms with Crippen LogP contribution in [0.2, 0.25) is 0 Å². The summed E-state index contributed by atoms with van der Waals surface area (Å²) >= 11 is 0. The monoisotopic (exact) mass is 264 g/mol. The molecule has 1 N–H and O–H groups in total. The zero-order valence-electron chi connectivity index (χ0n) is 10.7. The van der Waals surface area contributed by atoms with E-state index in [0.717, 1.165) is 6.42 Å². The van der Waals surface area contributed by atoms with Crippen molar-refractivity contribution in [2.45, 2.75) is 19.3 Å². The Morgan fingerprint density at radius 3 is 2.84 bits per heavy atom. The molecule has 1 fully saturated rings. The third-order valence-corrected chi connectivity index (χ3v) is 3.18. The highest BCUT2D eigenvalue weighted by molar-refractivity contribution is 5.85. The number of hydrogen-bond donors (Lipinski definition) is 1. The molecule has 102 valence electrons. The molecule has 2 amide bonds. The van der Waals surface area contributed by atoms with Crippen LogP contribution < -0.4 is 5.32 Å². The molecule has 2 rings (SSSR count). The van der Waals surface area contributed by atoms with Crippen molar-refractivity contribution in [2.24, 2.45) is 0 Å². The number of rotatable bonds is 5. The molecule has 5 heteroatoms. The molecule has 0 atom stereocenters. The van der Waals surface area contributed by atoms with Crippen LogP contribution in [0.4, 0.5) is 4.39 Å². The Morgan fingerprint density at radius 2 is 2.16 bits per heavy atom. The van der Waals surface area contributed by atoms with Crippen LogP contribution in [-0.2, 0) is 16.0 Å². The SMILES string of the molecule is O=C(CN1CCCC1=O)NCCc1ccccc1F. The third-order valence-electron chi connectivity index (χ3n) is 3.18. The second kappa shape index (κ2) is 6.31. The second-order valence-corrected chi connectivity index (χ2v) is 4.61. The van der Waals surface area contributed by atoms with Gasteiger partial charge in [-0.05, 0) is 24.5 Å². The van der Waals surface area contributed by atoms with Crippen molar-refractivity contribution >= 4 is 11.8 Å². The lowest BCUT2D eigenvalue weighted by Gasteiger charge is -2.14. The van der Waals surface area contributed by atoms with E-state index in [2.05, 4.69) is 5.32 Å². The van der Waals surface area contributed by atoms with Crippen LogP contribution in [0.5, 0.6) is 0 Å². The molecule has 1 saturated heterocycles. The first kappa shape index (κ1) is 13.5. The van der Waals surface area contributed by atoms with Crippen molar-refractivity contribution in [1.82, 2.24) is 10.2 Å². The summed E-state index contributed by atoms with van der Waals surface area (Å²) in [7, 11) is 0. The lowest BCUT2D eigenvalue weighted by molar-refractivity contribution is -0.133. The maximum Gasteiger partial charge on any atom is 0.239 e. The van der Waals surface area contributed by atoms with Gasteiger partial charge in [0.15, 0.2) is 0 Å². The molecule has 1 aromatic rings. The van der Waals surface area contributed by atoms with Crippen LogP contribution >= 0.6 is 0 Å². The molecule has 0 aromatic heterocycles. The number of halogens is 1. The van der Waals surface area contributed by atoms with Gasteiger partial charge in [0, 0.05) is 19.5 Å². The van der Waals surface area contributed by atoms with Gasteiger partial charge in [0.1, 0.15) is 5.82 Å². The van der Waals surface area contributed by atoms with Crippen molar-refractivity contribution < 1.29 is 14.0 Å². The molecule has 0 unspecified atom stereocenters. The summed E-state index contributed by atoms with van der Waals surface area (Å²) < 4.78 is 13.3. The molecule has 0 radical (unpaired) electrons. The number of benzene rings is 1. The lowest BCUT2D eigenvalue weighted by Crippen LogP contribution is -2.38. The van der Waals surface area contributed by atoms with Gasteiger partial charge in [0.25, 0.3) is 0 Å². The average molecular weight is 264 g/mol. The van der Waals surface area contributed by atoms with Crippen molar-refractivity contribution in [3.05, 3.63) is 35.6 Å². The summed E-state index contributed by atoms with van der Waals surface area (Å²) in [5, 5.41) is 2.71. The summed E-state index contributed by atoms with van der Waals surface area (Å²) in [6.07, 6.45) is 1.80. The Hall–Kier alpha value is -1.91. The molecule has 0 aliphatic carbocycles. The van der Waals surface area contributed by atoms with E-state index in [1.54, 1.807) is 23.1 Å². The van der Waals surface area contributed by atoms with Gasteiger partial charge in [-0.1, -0.05) is 18.2 Å². The maximum absolute atomic E-state index is 13.3. The zero-order valence-corrected chi connectivity index (χ0v) is 10.7. The minimum atomic E-state index is -0.258. The van der Waals surface area contributed by atoms with Crippen LogP contribution in [0.3, 0.4) is 0 Å². The summed E-state index contributed by atoms with van der Waals surface area (Å²) in [5.41, 5.74) is 0.583. The molecule has 1 aliphatic rings. The number of carbonyl (C=O) groups excluding carboxylic acids is 2. The molecular formula is C14H17FN2O2. The average Bonchev–Trinajstić information content (AvgIpc) is 2.77. The first-order valence-corrected chi connectivity index (χ1v) is 6.44. The number of carbonyl (C=O) groups is 2. The normalized spacial score (nSPS) is 14.8. The zero-order chi connectivity index (χ0) is 13.7. The Kier molecular flexibility index (Phi) is 4.49. The smallest absolute Gasteiger partial charge is 0.239 e. The molecular weight excluding hydrogens is 247 g/mol. The summed E-state index contributed by atoms with van der Waals surface area (Å²) in [4.78, 5) is 24.5. The van der Waals surface area contributed by atoms with Crippen molar-refractivity contribution in [1.29, 1.82) is 0 Å². The van der Waals surface area contributed by atoms with E-state index in [1.165, 1.54) is 6.07 Å². The highest BCUT2D eigenvalue weighted by Gasteiger charge is 2.21. The van der Waals surface area contributed by atoms with Crippen LogP contribution in [0.1, 0.15) is 18.4 Å². The van der Waals surface area contributed by atoms with Crippen LogP contribution in [0, 0.1) is 5.82 Å². The first-order valence-electron chi connectivity index (χ1n) is 6.44. The molecule has 4 nitrogen and oxygen atoms in total. The van der Waals surface area contributed by atoms with Crippen LogP contribution in [0.15, 0.2) is 24.3 Å². The maximum atomic E-state index is 13.3. The van der Waals surface area contributed by atoms with Gasteiger partial charge in [0.05, 0.1) is 6.54 Å². The number of nitrogens with one attached hydrogen (secondary N) is 1. The summed E-state index contributed by atoms with van der Waals surface area (Å²) in [6, 6.07) is 6.51. The first-order chi connectivity index (χ1) is 9.16. The largest absolute Gasteiger partial charge is 0.354 e. The molecule has 0 spiro atoms. The van der Waals surface area contributed by atoms with Gasteiger partial charge >= 0.3 is 0 Å². The minimum Gasteiger partial charge on any atom is -0.354 e. The van der Waals surface area contributed by atoms with Gasteiger partial charge in [-0.25, -0.2) is 4.39 Å². The fourth-order valence-corrected chi connectivity index (χ4v) is 2.14. The Morgan fingerprint density at radius 1 is 1.37 bits per heavy atom. The number of likely N-dealkylation sites (tertiary alicyclic amines) is 1. The predicted octanol–water partition coefficient (Wildman–Crippen LogP) is 1.11. The Labute approximate surface area is 111 Å². The predicted molar refractivity (Wildman–Crippen MR) is 68.9 cm³/mol. The number of hydrogen-bond acceptors (Lipinski definition) is 2. The van der Waals surface area contributed by atoms with E-state index in [-0.39, 0.29) is 24.2 Å². The molecule has 1 aliphatic heterocycles. The fourth-order valence-electron chi connectivity index (χ4n) is 2.14. The number of nitrogens with zero attached hydrogens (tertiary/aromatic N) is 1. The van der Waals surface area contributed by atoms with E-state index in [4.69, 9.17) is 0 Å². The van der Waals surface area contributed by atoms with Gasteiger partial charge < -0.3 is 10.2 Å². The Bertz CT molecular complexity index is 476. The van der Waals surface area contributed by atoms with E-state index >= 15 is 0 Å². The molecule has 19 heavy (non-hydrogen) atoms. The van der Waals surface area contributed by atoms with Gasteiger partial charge in [-0.3, -0.25) is 9.59 Å². The molecule has 0 bridgehead atoms. The fraction of sp³-hybridized carbons (Fsp3) is 0.429. The van der Waals surface area contributed by atoms with Crippen molar-refractivity contribution in [3.8, 4) is 0 Å². The minimum absolute atomic E-state index is 0.0317. The molecule has 1 heterocycles. The van der Waals surface area contributed by atoms with E-state index in [9.17, 15) is 14.0 Å². The topological polar surface area (TPSA) is 49.4 Å². The molecule has 0 saturated carbocycles. The van der Waals surface area contributed by atoms with Crippen LogP contribution in [0.25, 0.3) is 0 Å². The second-order valence-electron chi connectivity index (χ2n) is 4.61. The van der Waals surface area contributed by atoms with E-state index < -0.39 is 0 Å².